The van der Waals surface area contributed by atoms with Crippen LogP contribution in [0.5, 0.6) is 0 Å². The minimum atomic E-state index is -1.27. The zero-order valence-corrected chi connectivity index (χ0v) is 35.0. The van der Waals surface area contributed by atoms with Crippen molar-refractivity contribution in [3.05, 3.63) is 139 Å². The Morgan fingerprint density at radius 3 is 2.12 bits per heavy atom. The number of hydrogen-bond donors (Lipinski definition) is 0. The molecule has 4 aromatic carbocycles. The Labute approximate surface area is 323 Å². The van der Waals surface area contributed by atoms with Crippen LogP contribution in [0.1, 0.15) is 58.6 Å². The van der Waals surface area contributed by atoms with Crippen molar-refractivity contribution in [2.75, 3.05) is 0 Å². The molecule has 269 valence electrons. The molecule has 1 radical (unpaired) electrons. The third-order valence-electron chi connectivity index (χ3n) is 9.75. The molecular weight excluding hydrogens is 836 g/mol. The molecule has 0 aliphatic heterocycles. The molecule has 3 aromatic heterocycles. The largest absolute Gasteiger partial charge is 0.500 e. The van der Waals surface area contributed by atoms with Gasteiger partial charge in [0.1, 0.15) is 11.4 Å². The molecule has 0 amide bonds. The van der Waals surface area contributed by atoms with E-state index in [1.165, 1.54) is 28.4 Å². The van der Waals surface area contributed by atoms with E-state index in [-0.39, 0.29) is 31.3 Å². The van der Waals surface area contributed by atoms with Crippen LogP contribution in [0, 0.1) is 23.9 Å². The molecule has 7 rings (SSSR count). The van der Waals surface area contributed by atoms with Gasteiger partial charge in [-0.3, -0.25) is 0 Å². The van der Waals surface area contributed by atoms with E-state index in [9.17, 15) is 4.39 Å². The SMILES string of the molecule is CC(C)(C)c1cc[c-]c(-c2ccc([Si](C)(C)C)cn2)c1.CC(C)C(C)c1ccnc(-c2[c-]ccc3c2oc2c(-c4ccc(F)cc4)cccc23)c1.[Ir]. The minimum absolute atomic E-state index is 0. The Balaban J connectivity index is 0.000000217. The smallest absolute Gasteiger partial charge is 0.128 e. The summed E-state index contributed by atoms with van der Waals surface area (Å²) in [6.45, 7) is 20.4. The van der Waals surface area contributed by atoms with Gasteiger partial charge in [-0.2, -0.15) is 0 Å². The van der Waals surface area contributed by atoms with Gasteiger partial charge in [0.25, 0.3) is 0 Å². The van der Waals surface area contributed by atoms with Crippen molar-refractivity contribution in [3.63, 3.8) is 0 Å². The Kier molecular flexibility index (Phi) is 11.8. The van der Waals surface area contributed by atoms with Gasteiger partial charge >= 0.3 is 0 Å². The van der Waals surface area contributed by atoms with E-state index >= 15 is 0 Å². The summed E-state index contributed by atoms with van der Waals surface area (Å²) in [5.74, 6) is 0.722. The average Bonchev–Trinajstić information content (AvgIpc) is 3.51. The van der Waals surface area contributed by atoms with Gasteiger partial charge in [0.15, 0.2) is 0 Å². The van der Waals surface area contributed by atoms with Crippen LogP contribution in [-0.2, 0) is 25.5 Å². The quantitative estimate of drug-likeness (QED) is 0.123. The van der Waals surface area contributed by atoms with Gasteiger partial charge in [0.2, 0.25) is 0 Å². The topological polar surface area (TPSA) is 38.9 Å². The van der Waals surface area contributed by atoms with E-state index < -0.39 is 8.07 Å². The number of benzene rings is 4. The van der Waals surface area contributed by atoms with E-state index in [1.54, 1.807) is 12.1 Å². The van der Waals surface area contributed by atoms with Gasteiger partial charge in [-0.1, -0.05) is 126 Å². The van der Waals surface area contributed by atoms with E-state index in [0.29, 0.717) is 11.8 Å². The summed E-state index contributed by atoms with van der Waals surface area (Å²) in [7, 11) is -1.27. The molecule has 0 N–H and O–H groups in total. The zero-order valence-electron chi connectivity index (χ0n) is 31.6. The molecule has 0 saturated carbocycles. The molecule has 52 heavy (non-hydrogen) atoms. The van der Waals surface area contributed by atoms with Crippen molar-refractivity contribution in [1.82, 2.24) is 9.97 Å². The first-order valence-electron chi connectivity index (χ1n) is 17.8. The first-order valence-corrected chi connectivity index (χ1v) is 21.3. The summed E-state index contributed by atoms with van der Waals surface area (Å²) in [6, 6.07) is 38.1. The standard InChI is InChI=1S/C28H23FNO.C18H24NSi.Ir/c1-17(2)18(3)20-14-15-30-26(16-20)25-9-5-8-24-23-7-4-6-22(27(23)31-28(24)25)19-10-12-21(29)13-11-19;1-18(2,3)15-9-7-8-14(12-15)17-11-10-16(13-19-17)20(4,5)6;/h4-8,10-18H,1-3H3;7,9-13H,1-6H3;/q2*-1;. The predicted molar refractivity (Wildman–Crippen MR) is 215 cm³/mol. The van der Waals surface area contributed by atoms with E-state index in [1.807, 2.05) is 42.7 Å². The fourth-order valence-corrected chi connectivity index (χ4v) is 7.18. The van der Waals surface area contributed by atoms with Crippen LogP contribution in [-0.4, -0.2) is 18.0 Å². The zero-order chi connectivity index (χ0) is 36.5. The normalized spacial score (nSPS) is 12.4. The van der Waals surface area contributed by atoms with Crippen LogP contribution in [0.4, 0.5) is 4.39 Å². The van der Waals surface area contributed by atoms with Crippen LogP contribution in [0.2, 0.25) is 19.6 Å². The van der Waals surface area contributed by atoms with Crippen molar-refractivity contribution in [2.45, 2.75) is 72.5 Å². The number of aromatic nitrogens is 2. The summed E-state index contributed by atoms with van der Waals surface area (Å²) in [4.78, 5) is 9.27. The molecule has 7 aromatic rings. The van der Waals surface area contributed by atoms with Crippen molar-refractivity contribution >= 4 is 35.2 Å². The molecule has 1 atom stereocenters. The van der Waals surface area contributed by atoms with Gasteiger partial charge in [-0.25, -0.2) is 4.39 Å². The van der Waals surface area contributed by atoms with E-state index in [2.05, 4.69) is 126 Å². The molecule has 6 heteroatoms. The number of para-hydroxylation sites is 1. The van der Waals surface area contributed by atoms with E-state index in [0.717, 1.165) is 55.6 Å². The molecule has 0 fully saturated rings. The van der Waals surface area contributed by atoms with Gasteiger partial charge in [-0.05, 0) is 57.6 Å². The third-order valence-corrected chi connectivity index (χ3v) is 11.8. The number of furan rings is 1. The fourth-order valence-electron chi connectivity index (χ4n) is 6.14. The molecule has 0 aliphatic carbocycles. The van der Waals surface area contributed by atoms with Crippen LogP contribution in [0.15, 0.2) is 114 Å². The maximum atomic E-state index is 13.4. The number of fused-ring (bicyclic) bond motifs is 3. The number of rotatable bonds is 6. The van der Waals surface area contributed by atoms with Gasteiger partial charge in [0.05, 0.1) is 13.7 Å². The molecule has 0 spiro atoms. The Morgan fingerprint density at radius 2 is 1.46 bits per heavy atom. The number of hydrogen-bond acceptors (Lipinski definition) is 3. The monoisotopic (exact) mass is 883 g/mol. The van der Waals surface area contributed by atoms with Crippen LogP contribution >= 0.6 is 0 Å². The molecule has 3 heterocycles. The molecule has 1 unspecified atom stereocenters. The second kappa shape index (κ2) is 15.8. The average molecular weight is 883 g/mol. The first kappa shape index (κ1) is 39.0. The van der Waals surface area contributed by atoms with Crippen molar-refractivity contribution in [3.8, 4) is 33.6 Å². The second-order valence-electron chi connectivity index (χ2n) is 15.8. The molecule has 3 nitrogen and oxygen atoms in total. The summed E-state index contributed by atoms with van der Waals surface area (Å²) >= 11 is 0. The maximum absolute atomic E-state index is 13.4. The Bertz CT molecular complexity index is 2280. The van der Waals surface area contributed by atoms with Gasteiger partial charge in [-0.15, -0.1) is 53.6 Å². The van der Waals surface area contributed by atoms with Crippen molar-refractivity contribution in [2.24, 2.45) is 5.92 Å². The molecular formula is C46H47FIrN2OSi-2. The van der Waals surface area contributed by atoms with Crippen LogP contribution in [0.3, 0.4) is 0 Å². The first-order chi connectivity index (χ1) is 24.2. The number of halogens is 1. The molecule has 0 aliphatic rings. The number of nitrogens with zero attached hydrogens (tertiary/aromatic N) is 2. The summed E-state index contributed by atoms with van der Waals surface area (Å²) in [5.41, 5.74) is 9.97. The summed E-state index contributed by atoms with van der Waals surface area (Å²) in [6.07, 6.45) is 3.90. The minimum Gasteiger partial charge on any atom is -0.500 e. The third kappa shape index (κ3) is 8.52. The number of pyridine rings is 2. The van der Waals surface area contributed by atoms with Crippen molar-refractivity contribution in [1.29, 1.82) is 0 Å². The van der Waals surface area contributed by atoms with Crippen LogP contribution < -0.4 is 5.19 Å². The van der Waals surface area contributed by atoms with Gasteiger partial charge in [0, 0.05) is 43.4 Å². The summed E-state index contributed by atoms with van der Waals surface area (Å²) in [5, 5.41) is 3.45. The Hall–Kier alpha value is -4.22. The fraction of sp³-hybridized carbons (Fsp3) is 0.261. The Morgan fingerprint density at radius 1 is 0.750 bits per heavy atom. The van der Waals surface area contributed by atoms with Crippen LogP contribution in [0.25, 0.3) is 55.6 Å². The van der Waals surface area contributed by atoms with Gasteiger partial charge < -0.3 is 14.4 Å². The summed E-state index contributed by atoms with van der Waals surface area (Å²) < 4.78 is 19.9. The maximum Gasteiger partial charge on any atom is 0.128 e. The second-order valence-corrected chi connectivity index (χ2v) is 20.9. The molecule has 0 saturated heterocycles. The van der Waals surface area contributed by atoms with Crippen molar-refractivity contribution < 1.29 is 28.9 Å². The molecule has 0 bridgehead atoms. The van der Waals surface area contributed by atoms with E-state index in [4.69, 9.17) is 4.42 Å². The predicted octanol–water partition coefficient (Wildman–Crippen LogP) is 12.4.